The number of benzene rings is 1. The van der Waals surface area contributed by atoms with E-state index in [0.717, 1.165) is 34.7 Å². The first kappa shape index (κ1) is 15.9. The first-order chi connectivity index (χ1) is 10.6. The minimum atomic E-state index is 0.302. The minimum Gasteiger partial charge on any atom is -0.356 e. The van der Waals surface area contributed by atoms with Crippen molar-refractivity contribution in [2.24, 2.45) is 0 Å². The van der Waals surface area contributed by atoms with Crippen molar-refractivity contribution >= 4 is 22.5 Å². The molecule has 22 heavy (non-hydrogen) atoms. The summed E-state index contributed by atoms with van der Waals surface area (Å²) < 4.78 is 0. The quantitative estimate of drug-likeness (QED) is 0.866. The highest BCUT2D eigenvalue weighted by Gasteiger charge is 2.33. The fourth-order valence-electron chi connectivity index (χ4n) is 3.70. The van der Waals surface area contributed by atoms with Crippen LogP contribution in [-0.4, -0.2) is 36.1 Å². The Kier molecular flexibility index (Phi) is 4.76. The van der Waals surface area contributed by atoms with E-state index in [4.69, 9.17) is 11.6 Å². The highest BCUT2D eigenvalue weighted by molar-refractivity contribution is 6.36. The van der Waals surface area contributed by atoms with Gasteiger partial charge >= 0.3 is 0 Å². The Morgan fingerprint density at radius 3 is 2.59 bits per heavy atom. The van der Waals surface area contributed by atoms with Gasteiger partial charge in [0.15, 0.2) is 0 Å². The van der Waals surface area contributed by atoms with Crippen LogP contribution in [0.25, 0.3) is 10.9 Å². The third-order valence-corrected chi connectivity index (χ3v) is 5.63. The van der Waals surface area contributed by atoms with E-state index in [1.165, 1.54) is 32.1 Å². The normalized spacial score (nSPS) is 18.2. The largest absolute Gasteiger partial charge is 0.356 e. The summed E-state index contributed by atoms with van der Waals surface area (Å²) in [6, 6.07) is 8.21. The van der Waals surface area contributed by atoms with E-state index in [-0.39, 0.29) is 0 Å². The number of rotatable bonds is 5. The van der Waals surface area contributed by atoms with Crippen LogP contribution in [-0.2, 0) is 6.54 Å². The van der Waals surface area contributed by atoms with E-state index >= 15 is 0 Å². The number of hydrogen-bond donors (Lipinski definition) is 2. The van der Waals surface area contributed by atoms with Gasteiger partial charge in [0.25, 0.3) is 0 Å². The Balaban J connectivity index is 1.67. The molecule has 0 spiro atoms. The van der Waals surface area contributed by atoms with Gasteiger partial charge in [0.05, 0.1) is 5.02 Å². The zero-order chi connectivity index (χ0) is 15.6. The summed E-state index contributed by atoms with van der Waals surface area (Å²) >= 11 is 6.49. The van der Waals surface area contributed by atoms with Crippen LogP contribution < -0.4 is 5.32 Å². The van der Waals surface area contributed by atoms with Crippen LogP contribution in [0.4, 0.5) is 0 Å². The summed E-state index contributed by atoms with van der Waals surface area (Å²) in [5.41, 5.74) is 2.51. The van der Waals surface area contributed by atoms with Crippen LogP contribution in [0.3, 0.4) is 0 Å². The molecule has 120 valence electrons. The Labute approximate surface area is 138 Å². The number of para-hydroxylation sites is 1. The molecule has 0 amide bonds. The van der Waals surface area contributed by atoms with Crippen molar-refractivity contribution in [1.82, 2.24) is 15.2 Å². The molecular formula is C18H26ClN3. The molecule has 0 bridgehead atoms. The van der Waals surface area contributed by atoms with E-state index < -0.39 is 0 Å². The second kappa shape index (κ2) is 6.61. The fraction of sp³-hybridized carbons (Fsp3) is 0.556. The van der Waals surface area contributed by atoms with Gasteiger partial charge in [-0.05, 0) is 33.0 Å². The molecule has 0 radical (unpaired) electrons. The Morgan fingerprint density at radius 2 is 1.91 bits per heavy atom. The maximum Gasteiger partial charge on any atom is 0.0705 e. The summed E-state index contributed by atoms with van der Waals surface area (Å²) in [4.78, 5) is 5.84. The van der Waals surface area contributed by atoms with Crippen LogP contribution in [0.15, 0.2) is 24.3 Å². The maximum absolute atomic E-state index is 6.49. The van der Waals surface area contributed by atoms with Gasteiger partial charge < -0.3 is 15.2 Å². The number of fused-ring (bicyclic) bond motifs is 1. The van der Waals surface area contributed by atoms with Gasteiger partial charge in [0, 0.05) is 35.2 Å². The molecule has 0 unspecified atom stereocenters. The lowest BCUT2D eigenvalue weighted by Crippen LogP contribution is -2.52. The molecule has 4 heteroatoms. The van der Waals surface area contributed by atoms with Crippen molar-refractivity contribution in [2.75, 3.05) is 20.6 Å². The lowest BCUT2D eigenvalue weighted by atomic mass is 9.80. The van der Waals surface area contributed by atoms with Crippen molar-refractivity contribution in [3.63, 3.8) is 0 Å². The van der Waals surface area contributed by atoms with Crippen molar-refractivity contribution in [2.45, 2.75) is 44.2 Å². The predicted octanol–water partition coefficient (Wildman–Crippen LogP) is 4.18. The summed E-state index contributed by atoms with van der Waals surface area (Å²) in [6.07, 6.45) is 6.63. The first-order valence-electron chi connectivity index (χ1n) is 8.26. The summed E-state index contributed by atoms with van der Waals surface area (Å²) in [5, 5.41) is 5.60. The fourth-order valence-corrected chi connectivity index (χ4v) is 3.98. The average Bonchev–Trinajstić information content (AvgIpc) is 2.85. The Morgan fingerprint density at radius 1 is 1.18 bits per heavy atom. The second-order valence-corrected chi connectivity index (χ2v) is 7.12. The standard InChI is InChI=1S/C18H26ClN3/c1-22(2)18(10-6-3-7-11-18)13-20-12-16-17(19)14-8-4-5-9-15(14)21-16/h4-5,8-9,20-21H,3,6-7,10-13H2,1-2H3. The van der Waals surface area contributed by atoms with Crippen LogP contribution in [0, 0.1) is 0 Å². The lowest BCUT2D eigenvalue weighted by Gasteiger charge is -2.43. The number of halogens is 1. The van der Waals surface area contributed by atoms with Gasteiger partial charge in [-0.25, -0.2) is 0 Å². The molecule has 0 aliphatic heterocycles. The molecule has 2 aromatic rings. The van der Waals surface area contributed by atoms with Gasteiger partial charge in [-0.2, -0.15) is 0 Å². The Bertz CT molecular complexity index is 626. The molecule has 0 atom stereocenters. The van der Waals surface area contributed by atoms with E-state index in [1.807, 2.05) is 12.1 Å². The highest BCUT2D eigenvalue weighted by atomic mass is 35.5. The lowest BCUT2D eigenvalue weighted by molar-refractivity contribution is 0.0983. The number of nitrogens with zero attached hydrogens (tertiary/aromatic N) is 1. The molecule has 1 aliphatic carbocycles. The number of nitrogens with one attached hydrogen (secondary N) is 2. The van der Waals surface area contributed by atoms with Crippen LogP contribution in [0.2, 0.25) is 5.02 Å². The number of likely N-dealkylation sites (N-methyl/N-ethyl adjacent to an activating group) is 1. The van der Waals surface area contributed by atoms with E-state index in [1.54, 1.807) is 0 Å². The zero-order valence-electron chi connectivity index (χ0n) is 13.6. The molecule has 1 aliphatic rings. The van der Waals surface area contributed by atoms with Gasteiger partial charge in [-0.15, -0.1) is 0 Å². The first-order valence-corrected chi connectivity index (χ1v) is 8.63. The smallest absolute Gasteiger partial charge is 0.0705 e. The van der Waals surface area contributed by atoms with Crippen LogP contribution in [0.5, 0.6) is 0 Å². The van der Waals surface area contributed by atoms with Crippen molar-refractivity contribution in [1.29, 1.82) is 0 Å². The molecule has 0 saturated heterocycles. The van der Waals surface area contributed by atoms with Gasteiger partial charge in [-0.1, -0.05) is 49.1 Å². The third-order valence-electron chi connectivity index (χ3n) is 5.20. The number of aromatic nitrogens is 1. The van der Waals surface area contributed by atoms with E-state index in [2.05, 4.69) is 41.4 Å². The summed E-state index contributed by atoms with van der Waals surface area (Å²) in [6.45, 7) is 1.81. The maximum atomic E-state index is 6.49. The van der Waals surface area contributed by atoms with E-state index in [9.17, 15) is 0 Å². The van der Waals surface area contributed by atoms with Crippen molar-refractivity contribution < 1.29 is 0 Å². The number of aromatic amines is 1. The van der Waals surface area contributed by atoms with Crippen LogP contribution >= 0.6 is 11.6 Å². The molecule has 3 rings (SSSR count). The monoisotopic (exact) mass is 319 g/mol. The van der Waals surface area contributed by atoms with Crippen LogP contribution in [0.1, 0.15) is 37.8 Å². The van der Waals surface area contributed by atoms with Crippen molar-refractivity contribution in [3.8, 4) is 0 Å². The predicted molar refractivity (Wildman–Crippen MR) is 94.5 cm³/mol. The molecule has 1 aromatic carbocycles. The topological polar surface area (TPSA) is 31.1 Å². The van der Waals surface area contributed by atoms with Gasteiger partial charge in [0.1, 0.15) is 0 Å². The molecule has 1 fully saturated rings. The Hall–Kier alpha value is -1.03. The summed E-state index contributed by atoms with van der Waals surface area (Å²) in [7, 11) is 4.42. The SMILES string of the molecule is CN(C)C1(CNCc2[nH]c3ccccc3c2Cl)CCCCC1. The van der Waals surface area contributed by atoms with Gasteiger partial charge in [0.2, 0.25) is 0 Å². The zero-order valence-corrected chi connectivity index (χ0v) is 14.3. The second-order valence-electron chi connectivity index (χ2n) is 6.75. The molecule has 1 saturated carbocycles. The van der Waals surface area contributed by atoms with Crippen molar-refractivity contribution in [3.05, 3.63) is 35.0 Å². The average molecular weight is 320 g/mol. The van der Waals surface area contributed by atoms with Gasteiger partial charge in [-0.3, -0.25) is 0 Å². The number of hydrogen-bond acceptors (Lipinski definition) is 2. The molecule has 1 heterocycles. The highest BCUT2D eigenvalue weighted by Crippen LogP contribution is 2.32. The third kappa shape index (κ3) is 3.03. The number of H-pyrrole nitrogens is 1. The molecule has 3 nitrogen and oxygen atoms in total. The minimum absolute atomic E-state index is 0.302. The molecular weight excluding hydrogens is 294 g/mol. The van der Waals surface area contributed by atoms with E-state index in [0.29, 0.717) is 5.54 Å². The molecule has 1 aromatic heterocycles. The molecule has 2 N–H and O–H groups in total. The summed E-state index contributed by atoms with van der Waals surface area (Å²) in [5.74, 6) is 0.